The van der Waals surface area contributed by atoms with Gasteiger partial charge >= 0.3 is 11.9 Å². The van der Waals surface area contributed by atoms with Gasteiger partial charge in [-0.15, -0.1) is 0 Å². The molecule has 6 N–H and O–H groups in total. The molecule has 332 valence electrons. The molecular weight excluding hydrogens is 776 g/mol. The standard InChI is InChI=1S/C45H65FN4O10/c1-28(2)39(42(56)47-37(26-32-24-33(46)27-34(52)25-32)43(57)50-23-15-19-36(49-50)44(58)59)48-41(55)35(22-21-31(5)51)40(54)30(4)18-13-11-9-10-12-16-29(3)17-14-20-38(53)60-45(6,7)8/h9-11,13-14,17,20,24-25,27-28,30,35-37,39-40,49,52,54H,12,15-16,18-19,21-23,26H2,1-8H3,(H,47,56)(H,48,55)(H,58,59)/b10-9+,13-11+,20-14+,29-17+. The van der Waals surface area contributed by atoms with Gasteiger partial charge in [0.1, 0.15) is 41.1 Å². The summed E-state index contributed by atoms with van der Waals surface area (Å²) in [6, 6.07) is -0.377. The van der Waals surface area contributed by atoms with E-state index in [0.29, 0.717) is 12.8 Å². The third kappa shape index (κ3) is 18.8. The van der Waals surface area contributed by atoms with E-state index in [9.17, 15) is 48.5 Å². The van der Waals surface area contributed by atoms with Gasteiger partial charge < -0.3 is 35.5 Å². The molecule has 15 heteroatoms. The lowest BCUT2D eigenvalue weighted by Gasteiger charge is -2.35. The van der Waals surface area contributed by atoms with Crippen LogP contribution in [0.5, 0.6) is 5.75 Å². The molecule has 1 fully saturated rings. The number of aliphatic hydroxyl groups excluding tert-OH is 1. The number of amides is 3. The van der Waals surface area contributed by atoms with E-state index in [2.05, 4.69) is 16.1 Å². The quantitative estimate of drug-likeness (QED) is 0.0495. The second kappa shape index (κ2) is 24.8. The number of carboxylic acids is 1. The van der Waals surface area contributed by atoms with E-state index in [0.717, 1.165) is 35.6 Å². The Bertz CT molecular complexity index is 1750. The number of hydrazine groups is 1. The first-order valence-corrected chi connectivity index (χ1v) is 20.5. The SMILES string of the molecule is CC(=O)CCC(C(=O)NC(C(=O)NC(Cc1cc(O)cc(F)c1)C(=O)N1CCCC(C(=O)O)N1)C(C)C)C(O)C(C)C/C=C/C=C/CC/C(C)=C/C=C/C(=O)OC(C)(C)C. The Hall–Kier alpha value is -5.15. The Morgan fingerprint density at radius 2 is 1.67 bits per heavy atom. The van der Waals surface area contributed by atoms with Gasteiger partial charge in [0.25, 0.3) is 5.91 Å². The van der Waals surface area contributed by atoms with Crippen molar-refractivity contribution < 1.29 is 53.2 Å². The number of esters is 1. The van der Waals surface area contributed by atoms with Crippen LogP contribution in [0.15, 0.2) is 66.3 Å². The summed E-state index contributed by atoms with van der Waals surface area (Å²) >= 11 is 0. The minimum Gasteiger partial charge on any atom is -0.508 e. The number of carboxylic acid groups (broad SMARTS) is 1. The van der Waals surface area contributed by atoms with Crippen molar-refractivity contribution in [1.82, 2.24) is 21.1 Å². The molecule has 1 aromatic carbocycles. The van der Waals surface area contributed by atoms with E-state index in [4.69, 9.17) is 4.74 Å². The molecule has 0 bridgehead atoms. The molecule has 0 aliphatic carbocycles. The van der Waals surface area contributed by atoms with Crippen LogP contribution in [0.4, 0.5) is 4.39 Å². The Morgan fingerprint density at radius 3 is 2.28 bits per heavy atom. The maximum atomic E-state index is 14.2. The number of halogens is 1. The zero-order valence-electron chi connectivity index (χ0n) is 36.2. The van der Waals surface area contributed by atoms with Gasteiger partial charge in [-0.2, -0.15) is 0 Å². The first kappa shape index (κ1) is 51.0. The Morgan fingerprint density at radius 1 is 0.983 bits per heavy atom. The number of phenols is 1. The number of rotatable bonds is 22. The van der Waals surface area contributed by atoms with Crippen molar-refractivity contribution >= 4 is 35.4 Å². The third-order valence-electron chi connectivity index (χ3n) is 9.75. The molecule has 0 spiro atoms. The van der Waals surface area contributed by atoms with Crippen LogP contribution in [0, 0.1) is 23.6 Å². The van der Waals surface area contributed by atoms with E-state index < -0.39 is 88.8 Å². The molecule has 1 aromatic rings. The van der Waals surface area contributed by atoms with Crippen LogP contribution in [-0.2, 0) is 39.9 Å². The van der Waals surface area contributed by atoms with Crippen molar-refractivity contribution in [3.8, 4) is 5.75 Å². The molecule has 1 aliphatic heterocycles. The van der Waals surface area contributed by atoms with Crippen LogP contribution in [-0.4, -0.2) is 92.1 Å². The molecule has 60 heavy (non-hydrogen) atoms. The second-order valence-electron chi connectivity index (χ2n) is 16.8. The van der Waals surface area contributed by atoms with Crippen LogP contribution in [0.2, 0.25) is 0 Å². The highest BCUT2D eigenvalue weighted by Gasteiger charge is 2.37. The number of carbonyl (C=O) groups excluding carboxylic acids is 5. The molecule has 0 radical (unpaired) electrons. The minimum absolute atomic E-state index is 0.0148. The molecule has 6 atom stereocenters. The third-order valence-corrected chi connectivity index (χ3v) is 9.75. The molecule has 6 unspecified atom stereocenters. The lowest BCUT2D eigenvalue weighted by atomic mass is 9.85. The number of ketones is 1. The van der Waals surface area contributed by atoms with Crippen molar-refractivity contribution in [2.75, 3.05) is 6.54 Å². The van der Waals surface area contributed by atoms with Crippen LogP contribution in [0.3, 0.4) is 0 Å². The maximum absolute atomic E-state index is 14.2. The summed E-state index contributed by atoms with van der Waals surface area (Å²) in [4.78, 5) is 77.1. The van der Waals surface area contributed by atoms with Crippen molar-refractivity contribution in [2.45, 2.75) is 137 Å². The first-order valence-electron chi connectivity index (χ1n) is 20.5. The summed E-state index contributed by atoms with van der Waals surface area (Å²) in [5.74, 6) is -7.00. The van der Waals surface area contributed by atoms with Gasteiger partial charge in [-0.25, -0.2) is 14.6 Å². The Labute approximate surface area is 353 Å². The van der Waals surface area contributed by atoms with Gasteiger partial charge in [0, 0.05) is 31.5 Å². The normalized spacial score (nSPS) is 17.7. The Balaban J connectivity index is 2.15. The monoisotopic (exact) mass is 840 g/mol. The highest BCUT2D eigenvalue weighted by molar-refractivity contribution is 5.93. The average Bonchev–Trinajstić information content (AvgIpc) is 3.14. The number of Topliss-reactive ketones (excluding diaryl/α,β-unsaturated/α-hetero) is 1. The fourth-order valence-electron chi connectivity index (χ4n) is 6.47. The molecule has 2 rings (SSSR count). The topological polar surface area (TPSA) is 212 Å². The smallest absolute Gasteiger partial charge is 0.331 e. The number of aliphatic carboxylic acids is 1. The minimum atomic E-state index is -1.36. The summed E-state index contributed by atoms with van der Waals surface area (Å²) in [5.41, 5.74) is 3.37. The number of carbonyl (C=O) groups is 6. The van der Waals surface area contributed by atoms with Gasteiger partial charge in [0.15, 0.2) is 0 Å². The highest BCUT2D eigenvalue weighted by atomic mass is 19.1. The molecule has 1 aliphatic rings. The first-order chi connectivity index (χ1) is 28.1. The van der Waals surface area contributed by atoms with Crippen LogP contribution in [0.25, 0.3) is 0 Å². The van der Waals surface area contributed by atoms with Crippen molar-refractivity contribution in [3.63, 3.8) is 0 Å². The fraction of sp³-hybridized carbons (Fsp3) is 0.556. The zero-order chi connectivity index (χ0) is 45.2. The number of aliphatic hydroxyl groups is 1. The maximum Gasteiger partial charge on any atom is 0.331 e. The summed E-state index contributed by atoms with van der Waals surface area (Å²) < 4.78 is 19.5. The van der Waals surface area contributed by atoms with E-state index in [1.807, 2.05) is 37.3 Å². The van der Waals surface area contributed by atoms with Gasteiger partial charge in [-0.3, -0.25) is 24.2 Å². The van der Waals surface area contributed by atoms with E-state index in [1.165, 1.54) is 19.1 Å². The number of hydrogen-bond acceptors (Lipinski definition) is 10. The number of nitrogens with zero attached hydrogens (tertiary/aromatic N) is 1. The number of nitrogens with one attached hydrogen (secondary N) is 3. The Kier molecular flexibility index (Phi) is 21.1. The van der Waals surface area contributed by atoms with Crippen molar-refractivity contribution in [3.05, 3.63) is 77.7 Å². The second-order valence-corrected chi connectivity index (χ2v) is 16.8. The number of phenolic OH excluding ortho intramolecular Hbond substituents is 1. The van der Waals surface area contributed by atoms with Crippen molar-refractivity contribution in [1.29, 1.82) is 0 Å². The van der Waals surface area contributed by atoms with Gasteiger partial charge in [0.05, 0.1) is 12.0 Å². The number of aromatic hydroxyl groups is 1. The van der Waals surface area contributed by atoms with Gasteiger partial charge in [0.2, 0.25) is 11.8 Å². The molecule has 0 aromatic heterocycles. The molecule has 1 saturated heterocycles. The summed E-state index contributed by atoms with van der Waals surface area (Å²) in [6.45, 7) is 14.0. The lowest BCUT2D eigenvalue weighted by Crippen LogP contribution is -2.62. The van der Waals surface area contributed by atoms with Crippen molar-refractivity contribution in [2.24, 2.45) is 17.8 Å². The molecule has 14 nitrogen and oxygen atoms in total. The highest BCUT2D eigenvalue weighted by Crippen LogP contribution is 2.23. The molecular formula is C45H65FN4O10. The summed E-state index contributed by atoms with van der Waals surface area (Å²) in [5, 5.41) is 37.5. The molecule has 3 amide bonds. The fourth-order valence-corrected chi connectivity index (χ4v) is 6.47. The zero-order valence-corrected chi connectivity index (χ0v) is 36.2. The number of benzene rings is 1. The van der Waals surface area contributed by atoms with Crippen LogP contribution in [0.1, 0.15) is 106 Å². The van der Waals surface area contributed by atoms with E-state index in [-0.39, 0.29) is 43.6 Å². The lowest BCUT2D eigenvalue weighted by molar-refractivity contribution is -0.149. The average molecular weight is 841 g/mol. The molecule has 0 saturated carbocycles. The van der Waals surface area contributed by atoms with Crippen LogP contribution < -0.4 is 16.1 Å². The number of hydrogen-bond donors (Lipinski definition) is 6. The van der Waals surface area contributed by atoms with E-state index >= 15 is 0 Å². The number of ether oxygens (including phenoxy) is 1. The predicted molar refractivity (Wildman–Crippen MR) is 225 cm³/mol. The van der Waals surface area contributed by atoms with Gasteiger partial charge in [-0.05, 0) is 103 Å². The predicted octanol–water partition coefficient (Wildman–Crippen LogP) is 5.39. The summed E-state index contributed by atoms with van der Waals surface area (Å²) in [6.07, 6.45) is 13.7. The van der Waals surface area contributed by atoms with Gasteiger partial charge in [-0.1, -0.05) is 62.8 Å². The molecule has 1 heterocycles. The largest absolute Gasteiger partial charge is 0.508 e. The van der Waals surface area contributed by atoms with Crippen LogP contribution >= 0.6 is 0 Å². The number of allylic oxidation sites excluding steroid dienone is 7. The van der Waals surface area contributed by atoms with E-state index in [1.54, 1.807) is 47.6 Å². The summed E-state index contributed by atoms with van der Waals surface area (Å²) in [7, 11) is 0.